The highest BCUT2D eigenvalue weighted by atomic mass is 16.2. The van der Waals surface area contributed by atoms with E-state index in [0.717, 1.165) is 16.6 Å². The molecule has 0 bridgehead atoms. The molecule has 0 aliphatic carbocycles. The van der Waals surface area contributed by atoms with Crippen LogP contribution in [0, 0.1) is 16.7 Å². The van der Waals surface area contributed by atoms with Crippen molar-refractivity contribution in [3.63, 3.8) is 0 Å². The molecule has 1 fully saturated rings. The highest BCUT2D eigenvalue weighted by Crippen LogP contribution is 2.31. The van der Waals surface area contributed by atoms with E-state index in [9.17, 15) is 4.79 Å². The molecule has 0 radical (unpaired) electrons. The molecular weight excluding hydrogens is 456 g/mol. The summed E-state index contributed by atoms with van der Waals surface area (Å²) in [6.07, 6.45) is 6.85. The lowest BCUT2D eigenvalue weighted by molar-refractivity contribution is -0.145. The SMILES string of the molecule is CC(C)Nc1cc(-n2ncc3cc(C#N)cnc32)ncc1-c1cn(C2CN(C(=O)C(C)(C)C)C2)nn1. The van der Waals surface area contributed by atoms with E-state index < -0.39 is 5.41 Å². The van der Waals surface area contributed by atoms with Crippen LogP contribution < -0.4 is 5.32 Å². The lowest BCUT2D eigenvalue weighted by Crippen LogP contribution is -2.54. The first kappa shape index (κ1) is 23.4. The molecule has 11 nitrogen and oxygen atoms in total. The van der Waals surface area contributed by atoms with Crippen LogP contribution in [-0.2, 0) is 4.79 Å². The highest BCUT2D eigenvalue weighted by molar-refractivity contribution is 5.82. The zero-order valence-electron chi connectivity index (χ0n) is 21.0. The van der Waals surface area contributed by atoms with Crippen LogP contribution in [0.2, 0.25) is 0 Å². The number of hydrogen-bond acceptors (Lipinski definition) is 8. The Balaban J connectivity index is 1.43. The van der Waals surface area contributed by atoms with Crippen molar-refractivity contribution in [2.45, 2.75) is 46.7 Å². The number of carbonyl (C=O) groups excluding carboxylic acids is 1. The second-order valence-electron chi connectivity index (χ2n) is 10.4. The fourth-order valence-corrected chi connectivity index (χ4v) is 4.19. The molecule has 5 rings (SSSR count). The number of pyridine rings is 2. The summed E-state index contributed by atoms with van der Waals surface area (Å²) in [6.45, 7) is 11.2. The maximum Gasteiger partial charge on any atom is 0.228 e. The molecule has 0 atom stereocenters. The Bertz CT molecular complexity index is 1480. The Kier molecular flexibility index (Phi) is 5.67. The van der Waals surface area contributed by atoms with E-state index in [1.165, 1.54) is 6.20 Å². The van der Waals surface area contributed by atoms with E-state index in [-0.39, 0.29) is 18.0 Å². The first-order chi connectivity index (χ1) is 17.1. The fraction of sp³-hybridized carbons (Fsp3) is 0.400. The van der Waals surface area contributed by atoms with Crippen LogP contribution in [-0.4, -0.2) is 64.7 Å². The number of likely N-dealkylation sites (tertiary alicyclic amines) is 1. The number of anilines is 1. The molecule has 0 saturated carbocycles. The normalized spacial score (nSPS) is 14.2. The van der Waals surface area contributed by atoms with Crippen molar-refractivity contribution < 1.29 is 4.79 Å². The van der Waals surface area contributed by atoms with Gasteiger partial charge in [-0.05, 0) is 19.9 Å². The molecule has 0 spiro atoms. The summed E-state index contributed by atoms with van der Waals surface area (Å²) in [5.41, 5.74) is 3.06. The van der Waals surface area contributed by atoms with E-state index in [4.69, 9.17) is 5.26 Å². The number of hydrogen-bond donors (Lipinski definition) is 1. The van der Waals surface area contributed by atoms with E-state index in [0.29, 0.717) is 35.8 Å². The predicted molar refractivity (Wildman–Crippen MR) is 134 cm³/mol. The van der Waals surface area contributed by atoms with Gasteiger partial charge in [-0.1, -0.05) is 26.0 Å². The Morgan fingerprint density at radius 2 is 1.94 bits per heavy atom. The van der Waals surface area contributed by atoms with Gasteiger partial charge in [0.05, 0.1) is 24.0 Å². The first-order valence-corrected chi connectivity index (χ1v) is 11.9. The second-order valence-corrected chi connectivity index (χ2v) is 10.4. The van der Waals surface area contributed by atoms with Gasteiger partial charge >= 0.3 is 0 Å². The minimum atomic E-state index is -0.392. The van der Waals surface area contributed by atoms with Gasteiger partial charge in [-0.25, -0.2) is 14.6 Å². The number of nitriles is 1. The minimum Gasteiger partial charge on any atom is -0.382 e. The topological polar surface area (TPSA) is 130 Å². The Labute approximate surface area is 208 Å². The number of amides is 1. The third-order valence-electron chi connectivity index (χ3n) is 6.04. The summed E-state index contributed by atoms with van der Waals surface area (Å²) in [5.74, 6) is 0.739. The smallest absolute Gasteiger partial charge is 0.228 e. The Morgan fingerprint density at radius 1 is 1.17 bits per heavy atom. The van der Waals surface area contributed by atoms with Crippen molar-refractivity contribution >= 4 is 22.6 Å². The van der Waals surface area contributed by atoms with Crippen molar-refractivity contribution in [3.8, 4) is 23.1 Å². The molecule has 1 amide bonds. The van der Waals surface area contributed by atoms with Gasteiger partial charge in [0.25, 0.3) is 0 Å². The lowest BCUT2D eigenvalue weighted by atomic mass is 9.92. The summed E-state index contributed by atoms with van der Waals surface area (Å²) in [5, 5.41) is 26.6. The molecule has 1 N–H and O–H groups in total. The summed E-state index contributed by atoms with van der Waals surface area (Å²) in [6, 6.07) is 6.03. The number of nitrogens with one attached hydrogen (secondary N) is 1. The summed E-state index contributed by atoms with van der Waals surface area (Å²) in [7, 11) is 0. The molecule has 1 saturated heterocycles. The summed E-state index contributed by atoms with van der Waals surface area (Å²) in [4.78, 5) is 23.4. The van der Waals surface area contributed by atoms with Crippen LogP contribution in [0.4, 0.5) is 5.69 Å². The van der Waals surface area contributed by atoms with Gasteiger partial charge in [0, 0.05) is 59.6 Å². The molecule has 4 aromatic rings. The molecule has 1 aliphatic heterocycles. The monoisotopic (exact) mass is 484 g/mol. The van der Waals surface area contributed by atoms with Crippen LogP contribution in [0.15, 0.2) is 36.9 Å². The van der Waals surface area contributed by atoms with E-state index in [1.54, 1.807) is 23.1 Å². The van der Waals surface area contributed by atoms with Gasteiger partial charge in [-0.15, -0.1) is 5.10 Å². The van der Waals surface area contributed by atoms with Crippen LogP contribution >= 0.6 is 0 Å². The quantitative estimate of drug-likeness (QED) is 0.457. The van der Waals surface area contributed by atoms with Crippen LogP contribution in [0.1, 0.15) is 46.2 Å². The molecular formula is C25H28N10O. The van der Waals surface area contributed by atoms with Crippen molar-refractivity contribution in [3.05, 3.63) is 42.5 Å². The third-order valence-corrected chi connectivity index (χ3v) is 6.04. The molecule has 5 heterocycles. The van der Waals surface area contributed by atoms with E-state index in [2.05, 4.69) is 50.6 Å². The number of rotatable bonds is 5. The minimum absolute atomic E-state index is 0.103. The molecule has 0 unspecified atom stereocenters. The van der Waals surface area contributed by atoms with Gasteiger partial charge in [0.1, 0.15) is 11.8 Å². The van der Waals surface area contributed by atoms with Crippen molar-refractivity contribution in [2.75, 3.05) is 18.4 Å². The summed E-state index contributed by atoms with van der Waals surface area (Å²) >= 11 is 0. The van der Waals surface area contributed by atoms with Crippen molar-refractivity contribution in [1.82, 2.24) is 39.6 Å². The lowest BCUT2D eigenvalue weighted by Gasteiger charge is -2.41. The van der Waals surface area contributed by atoms with Gasteiger partial charge in [0.2, 0.25) is 5.91 Å². The van der Waals surface area contributed by atoms with Gasteiger partial charge in [0.15, 0.2) is 11.5 Å². The van der Waals surface area contributed by atoms with Gasteiger partial charge < -0.3 is 10.2 Å². The van der Waals surface area contributed by atoms with Gasteiger partial charge in [-0.3, -0.25) is 4.79 Å². The van der Waals surface area contributed by atoms with E-state index >= 15 is 0 Å². The van der Waals surface area contributed by atoms with E-state index in [1.807, 2.05) is 42.6 Å². The summed E-state index contributed by atoms with van der Waals surface area (Å²) < 4.78 is 3.48. The van der Waals surface area contributed by atoms with Crippen molar-refractivity contribution in [2.24, 2.45) is 5.41 Å². The zero-order chi connectivity index (χ0) is 25.6. The highest BCUT2D eigenvalue weighted by Gasteiger charge is 2.37. The zero-order valence-corrected chi connectivity index (χ0v) is 21.0. The molecule has 4 aromatic heterocycles. The molecule has 36 heavy (non-hydrogen) atoms. The largest absolute Gasteiger partial charge is 0.382 e. The molecule has 0 aromatic carbocycles. The standard InChI is InChI=1S/C25H28N10O/c1-15(2)30-20-7-22(35-23-17(10-29-35)6-16(8-26)9-28-23)27-11-19(20)21-14-34(32-31-21)18-12-33(13-18)24(36)25(3,4)5/h6-7,9-11,14-15,18H,12-13H2,1-5H3,(H,27,30). The molecule has 1 aliphatic rings. The number of fused-ring (bicyclic) bond motifs is 1. The third kappa shape index (κ3) is 4.26. The van der Waals surface area contributed by atoms with Crippen LogP contribution in [0.5, 0.6) is 0 Å². The number of nitrogens with zero attached hydrogens (tertiary/aromatic N) is 9. The molecule has 11 heteroatoms. The van der Waals surface area contributed by atoms with Crippen molar-refractivity contribution in [1.29, 1.82) is 5.26 Å². The maximum absolute atomic E-state index is 12.5. The second kappa shape index (κ2) is 8.71. The number of aromatic nitrogens is 7. The fourth-order valence-electron chi connectivity index (χ4n) is 4.19. The number of carbonyl (C=O) groups is 1. The average Bonchev–Trinajstić information content (AvgIpc) is 3.44. The Hall–Kier alpha value is -4.33. The van der Waals surface area contributed by atoms with Gasteiger partial charge in [-0.2, -0.15) is 15.0 Å². The molecule has 184 valence electrons. The average molecular weight is 485 g/mol. The van der Waals surface area contributed by atoms with Crippen LogP contribution in [0.3, 0.4) is 0 Å². The predicted octanol–water partition coefficient (Wildman–Crippen LogP) is 3.20. The maximum atomic E-state index is 12.5. The Morgan fingerprint density at radius 3 is 2.64 bits per heavy atom. The van der Waals surface area contributed by atoms with Crippen LogP contribution in [0.25, 0.3) is 28.1 Å². The first-order valence-electron chi connectivity index (χ1n) is 11.9.